The Morgan fingerprint density at radius 2 is 2.08 bits per heavy atom. The number of carbonyl (C=O) groups is 2. The van der Waals surface area contributed by atoms with Gasteiger partial charge in [0.15, 0.2) is 10.9 Å². The SMILES string of the molecule is O=C(CCCNC(=O)c1ccco1)Nc1nc(-c2ccccn2)cs1. The fourth-order valence-electron chi connectivity index (χ4n) is 2.09. The maximum Gasteiger partial charge on any atom is 0.286 e. The maximum absolute atomic E-state index is 11.9. The smallest absolute Gasteiger partial charge is 0.286 e. The van der Waals surface area contributed by atoms with Crippen molar-refractivity contribution in [2.24, 2.45) is 0 Å². The molecule has 0 atom stereocenters. The first kappa shape index (κ1) is 16.8. The van der Waals surface area contributed by atoms with Gasteiger partial charge in [0.1, 0.15) is 5.69 Å². The molecule has 0 aliphatic carbocycles. The molecule has 0 aromatic carbocycles. The second-order valence-electron chi connectivity index (χ2n) is 5.14. The van der Waals surface area contributed by atoms with Crippen LogP contribution in [0, 0.1) is 0 Å². The summed E-state index contributed by atoms with van der Waals surface area (Å²) in [4.78, 5) is 32.2. The first-order chi connectivity index (χ1) is 12.2. The van der Waals surface area contributed by atoms with Gasteiger partial charge in [-0.25, -0.2) is 4.98 Å². The summed E-state index contributed by atoms with van der Waals surface area (Å²) in [6, 6.07) is 8.82. The van der Waals surface area contributed by atoms with Crippen LogP contribution in [0.2, 0.25) is 0 Å². The molecule has 0 unspecified atom stereocenters. The van der Waals surface area contributed by atoms with Crippen LogP contribution in [0.15, 0.2) is 52.6 Å². The maximum atomic E-state index is 11.9. The van der Waals surface area contributed by atoms with Crippen molar-refractivity contribution < 1.29 is 14.0 Å². The molecule has 0 saturated carbocycles. The standard InChI is InChI=1S/C17H16N4O3S/c22-15(7-3-9-19-16(23)14-6-4-10-24-14)21-17-20-13(11-25-17)12-5-1-2-8-18-12/h1-2,4-6,8,10-11H,3,7,9H2,(H,19,23)(H,20,21,22). The number of pyridine rings is 1. The number of rotatable bonds is 7. The lowest BCUT2D eigenvalue weighted by Gasteiger charge is -2.03. The summed E-state index contributed by atoms with van der Waals surface area (Å²) in [5.74, 6) is -0.172. The minimum atomic E-state index is -0.287. The number of furan rings is 1. The molecule has 0 fully saturated rings. The Morgan fingerprint density at radius 3 is 2.84 bits per heavy atom. The molecule has 0 saturated heterocycles. The van der Waals surface area contributed by atoms with Crippen molar-refractivity contribution in [3.05, 3.63) is 53.9 Å². The number of nitrogens with one attached hydrogen (secondary N) is 2. The van der Waals surface area contributed by atoms with E-state index < -0.39 is 0 Å². The highest BCUT2D eigenvalue weighted by Crippen LogP contribution is 2.23. The Labute approximate surface area is 148 Å². The van der Waals surface area contributed by atoms with Crippen molar-refractivity contribution in [3.8, 4) is 11.4 Å². The molecule has 0 bridgehead atoms. The van der Waals surface area contributed by atoms with E-state index in [9.17, 15) is 9.59 Å². The summed E-state index contributed by atoms with van der Waals surface area (Å²) < 4.78 is 4.99. The van der Waals surface area contributed by atoms with Crippen LogP contribution >= 0.6 is 11.3 Å². The van der Waals surface area contributed by atoms with E-state index >= 15 is 0 Å². The van der Waals surface area contributed by atoms with E-state index in [1.54, 1.807) is 18.3 Å². The average Bonchev–Trinajstić information content (AvgIpc) is 3.31. The predicted octanol–water partition coefficient (Wildman–Crippen LogP) is 2.95. The summed E-state index contributed by atoms with van der Waals surface area (Å²) in [6.45, 7) is 0.393. The Bertz CT molecular complexity index is 831. The van der Waals surface area contributed by atoms with E-state index in [1.165, 1.54) is 17.6 Å². The number of hydrogen-bond donors (Lipinski definition) is 2. The number of carbonyl (C=O) groups excluding carboxylic acids is 2. The average molecular weight is 356 g/mol. The van der Waals surface area contributed by atoms with Crippen LogP contribution in [-0.2, 0) is 4.79 Å². The molecule has 2 N–H and O–H groups in total. The van der Waals surface area contributed by atoms with Crippen LogP contribution in [-0.4, -0.2) is 28.3 Å². The molecule has 3 heterocycles. The van der Waals surface area contributed by atoms with Gasteiger partial charge >= 0.3 is 0 Å². The van der Waals surface area contributed by atoms with E-state index in [1.807, 2.05) is 23.6 Å². The van der Waals surface area contributed by atoms with Crippen LogP contribution in [0.1, 0.15) is 23.4 Å². The molecule has 128 valence electrons. The second-order valence-corrected chi connectivity index (χ2v) is 6.00. The van der Waals surface area contributed by atoms with Gasteiger partial charge in [-0.3, -0.25) is 14.6 Å². The van der Waals surface area contributed by atoms with E-state index in [-0.39, 0.29) is 24.0 Å². The van der Waals surface area contributed by atoms with Crippen molar-refractivity contribution in [3.63, 3.8) is 0 Å². The van der Waals surface area contributed by atoms with Crippen molar-refractivity contribution in [2.75, 3.05) is 11.9 Å². The minimum absolute atomic E-state index is 0.144. The quantitative estimate of drug-likeness (QED) is 0.634. The van der Waals surface area contributed by atoms with Crippen LogP contribution in [0.25, 0.3) is 11.4 Å². The van der Waals surface area contributed by atoms with E-state index in [0.717, 1.165) is 11.4 Å². The molecule has 3 aromatic rings. The van der Waals surface area contributed by atoms with Gasteiger partial charge in [-0.1, -0.05) is 6.07 Å². The van der Waals surface area contributed by atoms with Gasteiger partial charge in [-0.2, -0.15) is 0 Å². The summed E-state index contributed by atoms with van der Waals surface area (Å²) in [5.41, 5.74) is 1.49. The fraction of sp³-hybridized carbons (Fsp3) is 0.176. The van der Waals surface area contributed by atoms with Crippen molar-refractivity contribution in [2.45, 2.75) is 12.8 Å². The van der Waals surface area contributed by atoms with E-state index in [4.69, 9.17) is 4.42 Å². The molecular formula is C17H16N4O3S. The van der Waals surface area contributed by atoms with Crippen molar-refractivity contribution >= 4 is 28.3 Å². The zero-order valence-corrected chi connectivity index (χ0v) is 14.1. The van der Waals surface area contributed by atoms with Gasteiger partial charge < -0.3 is 15.1 Å². The Balaban J connectivity index is 1.41. The molecule has 0 radical (unpaired) electrons. The molecule has 0 aliphatic heterocycles. The van der Waals surface area contributed by atoms with Gasteiger partial charge in [-0.15, -0.1) is 11.3 Å². The largest absolute Gasteiger partial charge is 0.459 e. The summed E-state index contributed by atoms with van der Waals surface area (Å²) in [6.07, 6.45) is 3.95. The number of aromatic nitrogens is 2. The number of anilines is 1. The van der Waals surface area contributed by atoms with E-state index in [2.05, 4.69) is 20.6 Å². The van der Waals surface area contributed by atoms with Crippen molar-refractivity contribution in [1.29, 1.82) is 0 Å². The van der Waals surface area contributed by atoms with Gasteiger partial charge in [0.2, 0.25) is 5.91 Å². The first-order valence-electron chi connectivity index (χ1n) is 7.71. The topological polar surface area (TPSA) is 97.1 Å². The number of hydrogen-bond acceptors (Lipinski definition) is 6. The molecular weight excluding hydrogens is 340 g/mol. The second kappa shape index (κ2) is 8.20. The third kappa shape index (κ3) is 4.74. The zero-order chi connectivity index (χ0) is 17.5. The summed E-state index contributed by atoms with van der Waals surface area (Å²) in [7, 11) is 0. The fourth-order valence-corrected chi connectivity index (χ4v) is 2.81. The lowest BCUT2D eigenvalue weighted by atomic mass is 10.3. The van der Waals surface area contributed by atoms with Crippen LogP contribution in [0.4, 0.5) is 5.13 Å². The molecule has 7 nitrogen and oxygen atoms in total. The molecule has 3 aromatic heterocycles. The molecule has 0 aliphatic rings. The Kier molecular flexibility index (Phi) is 5.53. The van der Waals surface area contributed by atoms with Crippen LogP contribution < -0.4 is 10.6 Å². The third-order valence-corrected chi connectivity index (χ3v) is 4.05. The van der Waals surface area contributed by atoms with Gasteiger partial charge in [-0.05, 0) is 30.7 Å². The van der Waals surface area contributed by atoms with E-state index in [0.29, 0.717) is 18.1 Å². The molecule has 3 rings (SSSR count). The highest BCUT2D eigenvalue weighted by atomic mass is 32.1. The minimum Gasteiger partial charge on any atom is -0.459 e. The summed E-state index contributed by atoms with van der Waals surface area (Å²) in [5, 5.41) is 7.83. The molecule has 25 heavy (non-hydrogen) atoms. The van der Waals surface area contributed by atoms with Crippen LogP contribution in [0.5, 0.6) is 0 Å². The third-order valence-electron chi connectivity index (χ3n) is 3.29. The number of thiazole rings is 1. The molecule has 2 amide bonds. The van der Waals surface area contributed by atoms with Gasteiger partial charge in [0.25, 0.3) is 5.91 Å². The number of nitrogens with zero attached hydrogens (tertiary/aromatic N) is 2. The van der Waals surface area contributed by atoms with Crippen LogP contribution in [0.3, 0.4) is 0 Å². The zero-order valence-electron chi connectivity index (χ0n) is 13.3. The highest BCUT2D eigenvalue weighted by molar-refractivity contribution is 7.14. The lowest BCUT2D eigenvalue weighted by molar-refractivity contribution is -0.116. The van der Waals surface area contributed by atoms with Gasteiger partial charge in [0, 0.05) is 24.5 Å². The first-order valence-corrected chi connectivity index (χ1v) is 8.59. The monoisotopic (exact) mass is 356 g/mol. The molecule has 8 heteroatoms. The van der Waals surface area contributed by atoms with Gasteiger partial charge in [0.05, 0.1) is 12.0 Å². The number of amides is 2. The normalized spacial score (nSPS) is 10.4. The molecule has 0 spiro atoms. The van der Waals surface area contributed by atoms with Crippen molar-refractivity contribution in [1.82, 2.24) is 15.3 Å². The predicted molar refractivity (Wildman–Crippen MR) is 94.2 cm³/mol. The lowest BCUT2D eigenvalue weighted by Crippen LogP contribution is -2.25. The summed E-state index contributed by atoms with van der Waals surface area (Å²) >= 11 is 1.35. The highest BCUT2D eigenvalue weighted by Gasteiger charge is 2.10. The Morgan fingerprint density at radius 1 is 1.16 bits per heavy atom. The Hall–Kier alpha value is -3.00.